The van der Waals surface area contributed by atoms with E-state index in [-0.39, 0.29) is 23.9 Å². The summed E-state index contributed by atoms with van der Waals surface area (Å²) < 4.78 is 0. The number of nitrogens with two attached hydrogens (primary N) is 1. The maximum absolute atomic E-state index is 13.0. The number of amides is 2. The van der Waals surface area contributed by atoms with Crippen LogP contribution in [0.15, 0.2) is 0 Å². The molecular weight excluding hydrogens is 326 g/mol. The molecular formula is C21H37N3O2. The molecule has 1 heterocycles. The Bertz CT molecular complexity index is 482. The summed E-state index contributed by atoms with van der Waals surface area (Å²) in [7, 11) is 0. The van der Waals surface area contributed by atoms with Crippen LogP contribution in [0.4, 0.5) is 0 Å². The van der Waals surface area contributed by atoms with Gasteiger partial charge in [0, 0.05) is 37.5 Å². The minimum absolute atomic E-state index is 0.125. The van der Waals surface area contributed by atoms with Crippen molar-refractivity contribution < 1.29 is 9.59 Å². The van der Waals surface area contributed by atoms with Crippen LogP contribution in [0.1, 0.15) is 77.6 Å². The fourth-order valence-electron chi connectivity index (χ4n) is 5.25. The number of carbonyl (C=O) groups excluding carboxylic acids is 2. The zero-order chi connectivity index (χ0) is 18.5. The lowest BCUT2D eigenvalue weighted by atomic mass is 9.83. The Labute approximate surface area is 158 Å². The monoisotopic (exact) mass is 363 g/mol. The highest BCUT2D eigenvalue weighted by molar-refractivity contribution is 5.79. The van der Waals surface area contributed by atoms with Gasteiger partial charge in [0.15, 0.2) is 0 Å². The van der Waals surface area contributed by atoms with Crippen molar-refractivity contribution in [2.75, 3.05) is 13.1 Å². The number of likely N-dealkylation sites (tertiary alicyclic amines) is 1. The number of hydrogen-bond acceptors (Lipinski definition) is 3. The quantitative estimate of drug-likeness (QED) is 0.789. The number of piperidine rings is 1. The van der Waals surface area contributed by atoms with Gasteiger partial charge in [-0.2, -0.15) is 0 Å². The maximum atomic E-state index is 13.0. The van der Waals surface area contributed by atoms with Crippen molar-refractivity contribution in [3.05, 3.63) is 0 Å². The highest BCUT2D eigenvalue weighted by Gasteiger charge is 2.35. The third-order valence-electron chi connectivity index (χ3n) is 6.92. The Morgan fingerprint density at radius 2 is 1.73 bits per heavy atom. The average molecular weight is 364 g/mol. The molecule has 5 heteroatoms. The molecule has 2 unspecified atom stereocenters. The Morgan fingerprint density at radius 1 is 1.04 bits per heavy atom. The number of nitrogens with zero attached hydrogens (tertiary/aromatic N) is 1. The van der Waals surface area contributed by atoms with Crippen LogP contribution in [0.2, 0.25) is 0 Å². The van der Waals surface area contributed by atoms with Crippen molar-refractivity contribution in [1.29, 1.82) is 0 Å². The van der Waals surface area contributed by atoms with E-state index in [0.29, 0.717) is 30.7 Å². The smallest absolute Gasteiger partial charge is 0.225 e. The largest absolute Gasteiger partial charge is 0.353 e. The van der Waals surface area contributed by atoms with Crippen molar-refractivity contribution in [2.45, 2.75) is 89.6 Å². The predicted molar refractivity (Wildman–Crippen MR) is 103 cm³/mol. The van der Waals surface area contributed by atoms with Gasteiger partial charge in [0.2, 0.25) is 11.8 Å². The van der Waals surface area contributed by atoms with Gasteiger partial charge in [-0.05, 0) is 63.2 Å². The van der Waals surface area contributed by atoms with E-state index in [1.165, 1.54) is 25.7 Å². The third-order valence-corrected chi connectivity index (χ3v) is 6.92. The molecule has 3 N–H and O–H groups in total. The average Bonchev–Trinajstić information content (AvgIpc) is 3.14. The van der Waals surface area contributed by atoms with Gasteiger partial charge >= 0.3 is 0 Å². The predicted octanol–water partition coefficient (Wildman–Crippen LogP) is 2.83. The molecule has 3 fully saturated rings. The summed E-state index contributed by atoms with van der Waals surface area (Å²) in [5.74, 6) is 1.92. The van der Waals surface area contributed by atoms with E-state index in [4.69, 9.17) is 5.73 Å². The minimum atomic E-state index is 0.125. The molecule has 2 aliphatic carbocycles. The summed E-state index contributed by atoms with van der Waals surface area (Å²) >= 11 is 0. The van der Waals surface area contributed by atoms with Gasteiger partial charge in [0.25, 0.3) is 0 Å². The highest BCUT2D eigenvalue weighted by atomic mass is 16.2. The molecule has 0 radical (unpaired) electrons. The molecule has 0 aromatic rings. The third kappa shape index (κ3) is 4.99. The molecule has 2 atom stereocenters. The van der Waals surface area contributed by atoms with Crippen LogP contribution >= 0.6 is 0 Å². The van der Waals surface area contributed by atoms with Crippen LogP contribution in [0, 0.1) is 17.8 Å². The first-order valence-electron chi connectivity index (χ1n) is 10.9. The van der Waals surface area contributed by atoms with Crippen LogP contribution < -0.4 is 11.1 Å². The van der Waals surface area contributed by atoms with Gasteiger partial charge in [-0.25, -0.2) is 0 Å². The minimum Gasteiger partial charge on any atom is -0.353 e. The topological polar surface area (TPSA) is 75.4 Å². The van der Waals surface area contributed by atoms with Gasteiger partial charge < -0.3 is 16.0 Å². The second-order valence-corrected chi connectivity index (χ2v) is 9.02. The molecule has 26 heavy (non-hydrogen) atoms. The molecule has 2 amide bonds. The molecule has 0 spiro atoms. The second-order valence-electron chi connectivity index (χ2n) is 9.02. The van der Waals surface area contributed by atoms with Gasteiger partial charge in [0.1, 0.15) is 0 Å². The summed E-state index contributed by atoms with van der Waals surface area (Å²) in [5, 5.41) is 3.23. The van der Waals surface area contributed by atoms with Gasteiger partial charge in [0.05, 0.1) is 0 Å². The summed E-state index contributed by atoms with van der Waals surface area (Å²) in [6.45, 7) is 3.69. The molecule has 148 valence electrons. The maximum Gasteiger partial charge on any atom is 0.225 e. The zero-order valence-corrected chi connectivity index (χ0v) is 16.4. The van der Waals surface area contributed by atoms with Gasteiger partial charge in [-0.1, -0.05) is 19.8 Å². The Morgan fingerprint density at radius 3 is 2.38 bits per heavy atom. The van der Waals surface area contributed by atoms with E-state index in [1.54, 1.807) is 0 Å². The fourth-order valence-corrected chi connectivity index (χ4v) is 5.25. The number of nitrogens with one attached hydrogen (secondary N) is 1. The van der Waals surface area contributed by atoms with Crippen LogP contribution in [0.5, 0.6) is 0 Å². The van der Waals surface area contributed by atoms with Gasteiger partial charge in [-0.3, -0.25) is 9.59 Å². The lowest BCUT2D eigenvalue weighted by Crippen LogP contribution is -2.52. The van der Waals surface area contributed by atoms with Crippen molar-refractivity contribution in [2.24, 2.45) is 23.5 Å². The van der Waals surface area contributed by atoms with E-state index < -0.39 is 0 Å². The Kier molecular flexibility index (Phi) is 6.96. The van der Waals surface area contributed by atoms with E-state index in [1.807, 2.05) is 0 Å². The summed E-state index contributed by atoms with van der Waals surface area (Å²) in [6.07, 6.45) is 11.5. The molecule has 2 saturated carbocycles. The fraction of sp³-hybridized carbons (Fsp3) is 0.905. The first-order chi connectivity index (χ1) is 12.6. The highest BCUT2D eigenvalue weighted by Crippen LogP contribution is 2.31. The van der Waals surface area contributed by atoms with Crippen molar-refractivity contribution in [1.82, 2.24) is 10.2 Å². The molecule has 0 bridgehead atoms. The van der Waals surface area contributed by atoms with Crippen molar-refractivity contribution in [3.8, 4) is 0 Å². The van der Waals surface area contributed by atoms with Crippen LogP contribution in [0.25, 0.3) is 0 Å². The van der Waals surface area contributed by atoms with Crippen LogP contribution in [0.3, 0.4) is 0 Å². The summed E-state index contributed by atoms with van der Waals surface area (Å²) in [6, 6.07) is 0.481. The molecule has 0 aromatic heterocycles. The molecule has 0 aromatic carbocycles. The summed E-state index contributed by atoms with van der Waals surface area (Å²) in [5.41, 5.74) is 5.93. The van der Waals surface area contributed by atoms with Crippen LogP contribution in [-0.2, 0) is 9.59 Å². The lowest BCUT2D eigenvalue weighted by Gasteiger charge is -2.41. The number of carbonyl (C=O) groups is 2. The first kappa shape index (κ1) is 19.7. The SMILES string of the molecule is CC1CCN(C(=O)C2CCC(NC(=O)CC3CCCC3)CC2)C(CN)C1. The molecule has 5 nitrogen and oxygen atoms in total. The van der Waals surface area contributed by atoms with E-state index in [0.717, 1.165) is 45.1 Å². The van der Waals surface area contributed by atoms with Crippen LogP contribution in [-0.4, -0.2) is 41.9 Å². The van der Waals surface area contributed by atoms with E-state index >= 15 is 0 Å². The molecule has 1 saturated heterocycles. The van der Waals surface area contributed by atoms with Crippen molar-refractivity contribution in [3.63, 3.8) is 0 Å². The molecule has 3 rings (SSSR count). The number of rotatable bonds is 5. The molecule has 1 aliphatic heterocycles. The molecule has 3 aliphatic rings. The zero-order valence-electron chi connectivity index (χ0n) is 16.4. The van der Waals surface area contributed by atoms with E-state index in [9.17, 15) is 9.59 Å². The normalized spacial score (nSPS) is 33.2. The first-order valence-corrected chi connectivity index (χ1v) is 10.9. The van der Waals surface area contributed by atoms with E-state index in [2.05, 4.69) is 17.1 Å². The van der Waals surface area contributed by atoms with Crippen molar-refractivity contribution >= 4 is 11.8 Å². The summed E-state index contributed by atoms with van der Waals surface area (Å²) in [4.78, 5) is 27.3. The second kappa shape index (κ2) is 9.20. The lowest BCUT2D eigenvalue weighted by molar-refractivity contribution is -0.140. The standard InChI is InChI=1S/C21H37N3O2/c1-15-10-11-24(19(12-15)14-22)21(26)17-6-8-18(9-7-17)23-20(25)13-16-4-2-3-5-16/h15-19H,2-14,22H2,1H3,(H,23,25). The number of hydrogen-bond donors (Lipinski definition) is 2. The Hall–Kier alpha value is -1.10. The van der Waals surface area contributed by atoms with Gasteiger partial charge in [-0.15, -0.1) is 0 Å². The Balaban J connectivity index is 1.42.